The van der Waals surface area contributed by atoms with E-state index in [0.29, 0.717) is 0 Å². The van der Waals surface area contributed by atoms with Crippen molar-refractivity contribution in [2.24, 2.45) is 0 Å². The van der Waals surface area contributed by atoms with Crippen molar-refractivity contribution in [3.05, 3.63) is 47.0 Å². The second kappa shape index (κ2) is 9.97. The van der Waals surface area contributed by atoms with Crippen LogP contribution in [0.5, 0.6) is 0 Å². The molecule has 0 N–H and O–H groups in total. The van der Waals surface area contributed by atoms with Crippen LogP contribution in [0.3, 0.4) is 0 Å². The van der Waals surface area contributed by atoms with Gasteiger partial charge in [0.25, 0.3) is 0 Å². The zero-order valence-corrected chi connectivity index (χ0v) is 16.1. The first-order valence-electron chi connectivity index (χ1n) is 8.97. The van der Waals surface area contributed by atoms with Crippen molar-refractivity contribution in [3.8, 4) is 0 Å². The van der Waals surface area contributed by atoms with Crippen molar-refractivity contribution < 1.29 is 33.3 Å². The van der Waals surface area contributed by atoms with Crippen LogP contribution in [0.2, 0.25) is 0 Å². The number of hydrogen-bond acceptors (Lipinski definition) is 7. The monoisotopic (exact) mass is 378 g/mol. The van der Waals surface area contributed by atoms with Gasteiger partial charge in [-0.1, -0.05) is 35.4 Å². The van der Waals surface area contributed by atoms with E-state index in [1.807, 2.05) is 32.1 Å². The van der Waals surface area contributed by atoms with Crippen LogP contribution >= 0.6 is 0 Å². The molecule has 148 valence electrons. The SMILES string of the molecule is CCOC(=O)OCC1OC(c2cc(C)cc(C)c2)C=CC1OC(=O)OCC. The molecule has 7 heteroatoms. The molecule has 1 aromatic rings. The van der Waals surface area contributed by atoms with E-state index in [1.165, 1.54) is 0 Å². The molecule has 2 rings (SSSR count). The topological polar surface area (TPSA) is 80.3 Å². The van der Waals surface area contributed by atoms with E-state index in [9.17, 15) is 9.59 Å². The second-order valence-corrected chi connectivity index (χ2v) is 6.16. The second-order valence-electron chi connectivity index (χ2n) is 6.16. The summed E-state index contributed by atoms with van der Waals surface area (Å²) in [7, 11) is 0. The summed E-state index contributed by atoms with van der Waals surface area (Å²) < 4.78 is 26.0. The highest BCUT2D eigenvalue weighted by Crippen LogP contribution is 2.29. The predicted octanol–water partition coefficient (Wildman–Crippen LogP) is 4.01. The van der Waals surface area contributed by atoms with Gasteiger partial charge in [0.1, 0.15) is 18.8 Å². The molecule has 0 amide bonds. The molecular weight excluding hydrogens is 352 g/mol. The number of aryl methyl sites for hydroxylation is 2. The first kappa shape index (κ1) is 20.8. The fourth-order valence-corrected chi connectivity index (χ4v) is 2.83. The molecule has 1 aromatic carbocycles. The number of carbonyl (C=O) groups excluding carboxylic acids is 2. The number of carbonyl (C=O) groups is 2. The third-order valence-corrected chi connectivity index (χ3v) is 3.86. The first-order valence-corrected chi connectivity index (χ1v) is 8.97. The van der Waals surface area contributed by atoms with Crippen molar-refractivity contribution in [1.29, 1.82) is 0 Å². The molecule has 0 spiro atoms. The smallest absolute Gasteiger partial charge is 0.435 e. The molecule has 0 bridgehead atoms. The lowest BCUT2D eigenvalue weighted by Crippen LogP contribution is -2.40. The molecule has 3 atom stereocenters. The van der Waals surface area contributed by atoms with Gasteiger partial charge < -0.3 is 23.7 Å². The van der Waals surface area contributed by atoms with Crippen LogP contribution in [0.4, 0.5) is 9.59 Å². The Hall–Kier alpha value is -2.54. The summed E-state index contributed by atoms with van der Waals surface area (Å²) in [5, 5.41) is 0. The number of rotatable bonds is 6. The number of hydrogen-bond donors (Lipinski definition) is 0. The van der Waals surface area contributed by atoms with Gasteiger partial charge in [-0.05, 0) is 39.3 Å². The highest BCUT2D eigenvalue weighted by molar-refractivity contribution is 5.61. The van der Waals surface area contributed by atoms with E-state index >= 15 is 0 Å². The lowest BCUT2D eigenvalue weighted by Gasteiger charge is -2.31. The Morgan fingerprint density at radius 2 is 1.56 bits per heavy atom. The summed E-state index contributed by atoms with van der Waals surface area (Å²) >= 11 is 0. The summed E-state index contributed by atoms with van der Waals surface area (Å²) in [5.74, 6) is 0. The van der Waals surface area contributed by atoms with Crippen molar-refractivity contribution in [2.75, 3.05) is 19.8 Å². The lowest BCUT2D eigenvalue weighted by atomic mass is 9.99. The Morgan fingerprint density at radius 3 is 2.19 bits per heavy atom. The van der Waals surface area contributed by atoms with Gasteiger partial charge in [-0.25, -0.2) is 9.59 Å². The van der Waals surface area contributed by atoms with Crippen molar-refractivity contribution in [2.45, 2.75) is 46.0 Å². The highest BCUT2D eigenvalue weighted by atomic mass is 16.7. The fraction of sp³-hybridized carbons (Fsp3) is 0.500. The Bertz CT molecular complexity index is 663. The summed E-state index contributed by atoms with van der Waals surface area (Å²) in [6.45, 7) is 7.68. The fourth-order valence-electron chi connectivity index (χ4n) is 2.83. The molecule has 0 saturated carbocycles. The Balaban J connectivity index is 2.14. The van der Waals surface area contributed by atoms with Crippen LogP contribution in [0.1, 0.15) is 36.6 Å². The van der Waals surface area contributed by atoms with Gasteiger partial charge in [0.15, 0.2) is 6.10 Å². The van der Waals surface area contributed by atoms with Gasteiger partial charge in [0.2, 0.25) is 0 Å². The van der Waals surface area contributed by atoms with Crippen LogP contribution in [0.25, 0.3) is 0 Å². The van der Waals surface area contributed by atoms with E-state index in [-0.39, 0.29) is 25.9 Å². The largest absolute Gasteiger partial charge is 0.508 e. The zero-order chi connectivity index (χ0) is 19.8. The maximum absolute atomic E-state index is 11.7. The average Bonchev–Trinajstić information content (AvgIpc) is 2.60. The third kappa shape index (κ3) is 6.29. The molecule has 0 saturated heterocycles. The van der Waals surface area contributed by atoms with Crippen molar-refractivity contribution in [1.82, 2.24) is 0 Å². The molecule has 27 heavy (non-hydrogen) atoms. The van der Waals surface area contributed by atoms with Gasteiger partial charge in [0, 0.05) is 0 Å². The number of benzene rings is 1. The lowest BCUT2D eigenvalue weighted by molar-refractivity contribution is -0.0996. The average molecular weight is 378 g/mol. The van der Waals surface area contributed by atoms with E-state index in [0.717, 1.165) is 16.7 Å². The standard InChI is InChI=1S/C20H26O7/c1-5-23-19(21)25-12-18-17(27-20(22)24-6-2)8-7-16(26-18)15-10-13(3)9-14(4)11-15/h7-11,16-18H,5-6,12H2,1-4H3. The Morgan fingerprint density at radius 1 is 0.926 bits per heavy atom. The van der Waals surface area contributed by atoms with Gasteiger partial charge in [-0.15, -0.1) is 0 Å². The molecule has 1 aliphatic heterocycles. The summed E-state index contributed by atoms with van der Waals surface area (Å²) in [6.07, 6.45) is 0.174. The minimum atomic E-state index is -0.804. The summed E-state index contributed by atoms with van der Waals surface area (Å²) in [4.78, 5) is 23.2. The van der Waals surface area contributed by atoms with E-state index in [2.05, 4.69) is 6.07 Å². The molecule has 0 aromatic heterocycles. The van der Waals surface area contributed by atoms with Crippen LogP contribution < -0.4 is 0 Å². The van der Waals surface area contributed by atoms with Gasteiger partial charge in [-0.3, -0.25) is 0 Å². The Kier molecular flexibility index (Phi) is 7.67. The molecule has 0 fully saturated rings. The Labute approximate surface area is 159 Å². The van der Waals surface area contributed by atoms with Gasteiger partial charge in [0.05, 0.1) is 13.2 Å². The van der Waals surface area contributed by atoms with Crippen LogP contribution in [-0.2, 0) is 23.7 Å². The van der Waals surface area contributed by atoms with Gasteiger partial charge >= 0.3 is 12.3 Å². The first-order chi connectivity index (χ1) is 12.9. The van der Waals surface area contributed by atoms with Crippen LogP contribution in [0, 0.1) is 13.8 Å². The molecule has 7 nitrogen and oxygen atoms in total. The third-order valence-electron chi connectivity index (χ3n) is 3.86. The highest BCUT2D eigenvalue weighted by Gasteiger charge is 2.32. The zero-order valence-electron chi connectivity index (χ0n) is 16.1. The van der Waals surface area contributed by atoms with Crippen molar-refractivity contribution in [3.63, 3.8) is 0 Å². The summed E-state index contributed by atoms with van der Waals surface area (Å²) in [6, 6.07) is 6.12. The van der Waals surface area contributed by atoms with E-state index in [1.54, 1.807) is 19.9 Å². The normalized spacial score (nSPS) is 21.4. The molecule has 0 aliphatic carbocycles. The van der Waals surface area contributed by atoms with Crippen LogP contribution in [-0.4, -0.2) is 44.3 Å². The molecule has 1 aliphatic rings. The molecule has 3 unspecified atom stereocenters. The number of ether oxygens (including phenoxy) is 5. The summed E-state index contributed by atoms with van der Waals surface area (Å²) in [5.41, 5.74) is 3.21. The van der Waals surface area contributed by atoms with Crippen LogP contribution in [0.15, 0.2) is 30.4 Å². The quantitative estimate of drug-likeness (QED) is 0.546. The van der Waals surface area contributed by atoms with E-state index < -0.39 is 24.5 Å². The maximum atomic E-state index is 11.7. The van der Waals surface area contributed by atoms with E-state index in [4.69, 9.17) is 23.7 Å². The predicted molar refractivity (Wildman–Crippen MR) is 97.5 cm³/mol. The molecule has 0 radical (unpaired) electrons. The minimum absolute atomic E-state index is 0.117. The van der Waals surface area contributed by atoms with Crippen molar-refractivity contribution >= 4 is 12.3 Å². The minimum Gasteiger partial charge on any atom is -0.435 e. The maximum Gasteiger partial charge on any atom is 0.508 e. The van der Waals surface area contributed by atoms with Gasteiger partial charge in [-0.2, -0.15) is 0 Å². The molecular formula is C20H26O7. The molecule has 1 heterocycles.